The van der Waals surface area contributed by atoms with Gasteiger partial charge in [0.15, 0.2) is 0 Å². The van der Waals surface area contributed by atoms with E-state index in [2.05, 4.69) is 16.1 Å². The summed E-state index contributed by atoms with van der Waals surface area (Å²) in [5.74, 6) is -0.0885. The van der Waals surface area contributed by atoms with Crippen molar-refractivity contribution in [2.24, 2.45) is 11.7 Å². The maximum absolute atomic E-state index is 11.0. The van der Waals surface area contributed by atoms with E-state index >= 15 is 0 Å². The average molecular weight is 223 g/mol. The summed E-state index contributed by atoms with van der Waals surface area (Å²) >= 11 is 2.75. The fourth-order valence-corrected chi connectivity index (χ4v) is 0.697. The maximum Gasteiger partial charge on any atom is 0.331 e. The third-order valence-corrected chi connectivity index (χ3v) is 1.74. The molecule has 0 fully saturated rings. The average Bonchev–Trinajstić information content (AvgIpc) is 1.84. The van der Waals surface area contributed by atoms with Gasteiger partial charge in [-0.15, -0.1) is 0 Å². The second kappa shape index (κ2) is 4.33. The number of imide groups is 1. The zero-order valence-corrected chi connectivity index (χ0v) is 8.09. The first kappa shape index (κ1) is 10.4. The van der Waals surface area contributed by atoms with E-state index in [1.54, 1.807) is 0 Å². The summed E-state index contributed by atoms with van der Waals surface area (Å²) in [4.78, 5) is 21.4. The summed E-state index contributed by atoms with van der Waals surface area (Å²) in [7, 11) is 0. The Bertz CT molecular complexity index is 170. The first-order valence-corrected chi connectivity index (χ1v) is 3.94. The molecule has 0 aliphatic heterocycles. The summed E-state index contributed by atoms with van der Waals surface area (Å²) in [5, 5.41) is 0. The Morgan fingerprint density at radius 1 is 1.55 bits per heavy atom. The predicted octanol–water partition coefficient (Wildman–Crippen LogP) is 1.25. The molecular formula is C6H11BrN2O2. The van der Waals surface area contributed by atoms with Crippen molar-refractivity contribution in [2.45, 2.75) is 20.3 Å². The van der Waals surface area contributed by atoms with Crippen LogP contribution in [0.4, 0.5) is 4.79 Å². The van der Waals surface area contributed by atoms with Crippen molar-refractivity contribution in [3.05, 3.63) is 0 Å². The highest BCUT2D eigenvalue weighted by molar-refractivity contribution is 9.08. The van der Waals surface area contributed by atoms with Crippen molar-refractivity contribution in [1.82, 2.24) is 3.93 Å². The second-order valence-electron chi connectivity index (χ2n) is 2.61. The normalized spacial score (nSPS) is 9.82. The lowest BCUT2D eigenvalue weighted by molar-refractivity contribution is -0.124. The van der Waals surface area contributed by atoms with E-state index in [-0.39, 0.29) is 11.8 Å². The van der Waals surface area contributed by atoms with Crippen molar-refractivity contribution in [3.8, 4) is 0 Å². The lowest BCUT2D eigenvalue weighted by Crippen LogP contribution is -2.33. The third-order valence-electron chi connectivity index (χ3n) is 0.995. The van der Waals surface area contributed by atoms with Gasteiger partial charge in [0.05, 0.1) is 16.1 Å². The molecule has 64 valence electrons. The quantitative estimate of drug-likeness (QED) is 0.716. The fraction of sp³-hybridized carbons (Fsp3) is 0.667. The number of nitrogens with zero attached hydrogens (tertiary/aromatic N) is 1. The van der Waals surface area contributed by atoms with Crippen LogP contribution in [0.25, 0.3) is 0 Å². The minimum absolute atomic E-state index is 0.224. The molecule has 0 aliphatic rings. The third kappa shape index (κ3) is 3.98. The van der Waals surface area contributed by atoms with Crippen LogP contribution in [0.5, 0.6) is 0 Å². The SMILES string of the molecule is CC(C)CC(=O)N(Br)C(N)=O. The van der Waals surface area contributed by atoms with Crippen LogP contribution in [-0.2, 0) is 4.79 Å². The monoisotopic (exact) mass is 222 g/mol. The van der Waals surface area contributed by atoms with Crippen LogP contribution in [0.15, 0.2) is 0 Å². The van der Waals surface area contributed by atoms with Gasteiger partial charge < -0.3 is 5.73 Å². The number of hydrogen-bond acceptors (Lipinski definition) is 2. The molecule has 0 radical (unpaired) electrons. The van der Waals surface area contributed by atoms with Crippen LogP contribution >= 0.6 is 16.1 Å². The first-order chi connectivity index (χ1) is 4.95. The van der Waals surface area contributed by atoms with E-state index in [0.717, 1.165) is 3.93 Å². The van der Waals surface area contributed by atoms with Gasteiger partial charge in [-0.1, -0.05) is 13.8 Å². The second-order valence-corrected chi connectivity index (χ2v) is 3.32. The molecule has 0 bridgehead atoms. The van der Waals surface area contributed by atoms with E-state index in [1.165, 1.54) is 0 Å². The minimum Gasteiger partial charge on any atom is -0.350 e. The summed E-state index contributed by atoms with van der Waals surface area (Å²) in [5.41, 5.74) is 4.83. The maximum atomic E-state index is 11.0. The van der Waals surface area contributed by atoms with Gasteiger partial charge in [0, 0.05) is 6.42 Å². The summed E-state index contributed by atoms with van der Waals surface area (Å²) < 4.78 is 0.743. The van der Waals surface area contributed by atoms with Crippen LogP contribution in [0, 0.1) is 5.92 Å². The van der Waals surface area contributed by atoms with Crippen molar-refractivity contribution >= 4 is 28.1 Å². The molecule has 11 heavy (non-hydrogen) atoms. The topological polar surface area (TPSA) is 63.4 Å². The largest absolute Gasteiger partial charge is 0.350 e. The number of amides is 3. The van der Waals surface area contributed by atoms with Gasteiger partial charge in [0.2, 0.25) is 5.91 Å². The van der Waals surface area contributed by atoms with Crippen molar-refractivity contribution in [1.29, 1.82) is 0 Å². The molecule has 0 saturated heterocycles. The number of halogens is 1. The Morgan fingerprint density at radius 2 is 2.00 bits per heavy atom. The molecule has 0 aromatic rings. The number of primary amides is 1. The van der Waals surface area contributed by atoms with Gasteiger partial charge in [-0.2, -0.15) is 3.93 Å². The Morgan fingerprint density at radius 3 is 2.27 bits per heavy atom. The molecule has 0 saturated carbocycles. The molecule has 0 rings (SSSR count). The molecule has 5 heteroatoms. The number of hydrogen-bond donors (Lipinski definition) is 1. The van der Waals surface area contributed by atoms with Gasteiger partial charge in [0.1, 0.15) is 0 Å². The Kier molecular flexibility index (Phi) is 4.10. The molecule has 4 nitrogen and oxygen atoms in total. The molecule has 0 aromatic heterocycles. The molecule has 3 amide bonds. The van der Waals surface area contributed by atoms with E-state index in [4.69, 9.17) is 5.73 Å². The highest BCUT2D eigenvalue weighted by Crippen LogP contribution is 2.07. The number of rotatable bonds is 2. The van der Waals surface area contributed by atoms with Gasteiger partial charge in [-0.05, 0) is 5.92 Å². The van der Waals surface area contributed by atoms with Crippen LogP contribution in [0.1, 0.15) is 20.3 Å². The molecule has 0 atom stereocenters. The number of carbonyl (C=O) groups is 2. The minimum atomic E-state index is -0.782. The molecular weight excluding hydrogens is 212 g/mol. The summed E-state index contributed by atoms with van der Waals surface area (Å²) in [6.07, 6.45) is 0.314. The van der Waals surface area contributed by atoms with Crippen LogP contribution in [-0.4, -0.2) is 15.9 Å². The predicted molar refractivity (Wildman–Crippen MR) is 44.8 cm³/mol. The number of nitrogens with two attached hydrogens (primary N) is 1. The van der Waals surface area contributed by atoms with Crippen molar-refractivity contribution in [3.63, 3.8) is 0 Å². The fourth-order valence-electron chi connectivity index (χ4n) is 0.552. The highest BCUT2D eigenvalue weighted by Gasteiger charge is 2.16. The highest BCUT2D eigenvalue weighted by atomic mass is 79.9. The number of urea groups is 1. The Labute approximate surface area is 74.1 Å². The summed E-state index contributed by atoms with van der Waals surface area (Å²) in [6, 6.07) is -0.782. The Hall–Kier alpha value is -0.580. The standard InChI is InChI=1S/C6H11BrN2O2/c1-4(2)3-5(10)9(7)6(8)11/h4H,3H2,1-2H3,(H2,8,11). The number of carbonyl (C=O) groups excluding carboxylic acids is 2. The lowest BCUT2D eigenvalue weighted by Gasteiger charge is -2.10. The van der Waals surface area contributed by atoms with Gasteiger partial charge in [0.25, 0.3) is 0 Å². The van der Waals surface area contributed by atoms with E-state index in [9.17, 15) is 9.59 Å². The molecule has 0 heterocycles. The van der Waals surface area contributed by atoms with Gasteiger partial charge >= 0.3 is 6.03 Å². The lowest BCUT2D eigenvalue weighted by atomic mass is 10.1. The first-order valence-electron chi connectivity index (χ1n) is 3.23. The Balaban J connectivity index is 3.93. The summed E-state index contributed by atoms with van der Waals surface area (Å²) in [6.45, 7) is 3.78. The van der Waals surface area contributed by atoms with Crippen LogP contribution in [0.2, 0.25) is 0 Å². The molecule has 0 unspecified atom stereocenters. The molecule has 0 aliphatic carbocycles. The van der Waals surface area contributed by atoms with E-state index in [0.29, 0.717) is 6.42 Å². The zero-order chi connectivity index (χ0) is 9.02. The molecule has 0 spiro atoms. The van der Waals surface area contributed by atoms with Gasteiger partial charge in [-0.3, -0.25) is 4.79 Å². The molecule has 0 aromatic carbocycles. The molecule has 2 N–H and O–H groups in total. The van der Waals surface area contributed by atoms with E-state index in [1.807, 2.05) is 13.8 Å². The zero-order valence-electron chi connectivity index (χ0n) is 6.50. The smallest absolute Gasteiger partial charge is 0.331 e. The van der Waals surface area contributed by atoms with Crippen LogP contribution < -0.4 is 5.73 Å². The van der Waals surface area contributed by atoms with Crippen molar-refractivity contribution in [2.75, 3.05) is 0 Å². The van der Waals surface area contributed by atoms with Crippen molar-refractivity contribution < 1.29 is 9.59 Å². The van der Waals surface area contributed by atoms with Crippen LogP contribution in [0.3, 0.4) is 0 Å². The van der Waals surface area contributed by atoms with E-state index < -0.39 is 6.03 Å². The van der Waals surface area contributed by atoms with Gasteiger partial charge in [-0.25, -0.2) is 4.79 Å².